The number of amides is 2. The molecule has 13 nitrogen and oxygen atoms in total. The van der Waals surface area contributed by atoms with E-state index in [2.05, 4.69) is 26.3 Å². The van der Waals surface area contributed by atoms with Gasteiger partial charge in [0.15, 0.2) is 11.6 Å². The summed E-state index contributed by atoms with van der Waals surface area (Å²) in [7, 11) is -3.52. The van der Waals surface area contributed by atoms with Gasteiger partial charge in [0.2, 0.25) is 5.91 Å². The summed E-state index contributed by atoms with van der Waals surface area (Å²) < 4.78 is 51.3. The van der Waals surface area contributed by atoms with Gasteiger partial charge in [0.05, 0.1) is 11.8 Å². The first kappa shape index (κ1) is 37.6. The molecule has 0 N–H and O–H groups in total. The third kappa shape index (κ3) is 7.54. The molecule has 0 saturated carbocycles. The van der Waals surface area contributed by atoms with E-state index < -0.39 is 16.0 Å². The molecule has 5 fully saturated rings. The molecule has 15 heteroatoms. The van der Waals surface area contributed by atoms with Crippen LogP contribution in [0.4, 0.5) is 10.2 Å². The van der Waals surface area contributed by atoms with Crippen molar-refractivity contribution in [2.45, 2.75) is 59.0 Å². The van der Waals surface area contributed by atoms with Gasteiger partial charge < -0.3 is 24.3 Å². The van der Waals surface area contributed by atoms with E-state index in [0.29, 0.717) is 56.8 Å². The number of carbonyl (C=O) groups is 2. The molecule has 53 heavy (non-hydrogen) atoms. The number of aromatic nitrogens is 2. The van der Waals surface area contributed by atoms with Gasteiger partial charge in [-0.2, -0.15) is 17.0 Å². The molecule has 3 atom stereocenters. The molecule has 5 aliphatic heterocycles. The average Bonchev–Trinajstić information content (AvgIpc) is 3.84. The van der Waals surface area contributed by atoms with Crippen LogP contribution in [0.5, 0.6) is 11.5 Å². The van der Waals surface area contributed by atoms with Gasteiger partial charge in [-0.3, -0.25) is 9.59 Å². The molecule has 2 aromatic rings. The van der Waals surface area contributed by atoms with Crippen molar-refractivity contribution in [3.8, 4) is 11.5 Å². The number of rotatable bonds is 11. The molecule has 6 heterocycles. The maximum Gasteiger partial charge on any atom is 0.281 e. The van der Waals surface area contributed by atoms with Crippen LogP contribution < -0.4 is 9.64 Å². The Bertz CT molecular complexity index is 1790. The molecular formula is C38H53FN8O5S. The van der Waals surface area contributed by atoms with E-state index in [1.54, 1.807) is 24.6 Å². The molecule has 288 valence electrons. The molecule has 2 amide bonds. The Balaban J connectivity index is 0.909. The first-order valence-electron chi connectivity index (χ1n) is 19.0. The Morgan fingerprint density at radius 1 is 1.00 bits per heavy atom. The SMILES string of the molecule is C=CC(=O)N1C[C@@H]2CN(S(=O)(=O)N3CCC4(CC3)CN(C[C@@H]3CCN(c5ncncc5Oc5ccc(F)cc5C(=O)N(C(C)C)C(C)C)C3)C4)C[C@@H]2C1. The van der Waals surface area contributed by atoms with E-state index in [0.717, 1.165) is 52.0 Å². The Kier molecular flexibility index (Phi) is 10.6. The summed E-state index contributed by atoms with van der Waals surface area (Å²) in [6.07, 6.45) is 7.15. The number of fused-ring (bicyclic) bond motifs is 1. The largest absolute Gasteiger partial charge is 0.451 e. The van der Waals surface area contributed by atoms with E-state index >= 15 is 0 Å². The van der Waals surface area contributed by atoms with Crippen LogP contribution in [-0.2, 0) is 15.0 Å². The summed E-state index contributed by atoms with van der Waals surface area (Å²) in [4.78, 5) is 42.6. The number of anilines is 1. The highest BCUT2D eigenvalue weighted by Crippen LogP contribution is 2.43. The lowest BCUT2D eigenvalue weighted by Crippen LogP contribution is -2.62. The number of benzene rings is 1. The minimum absolute atomic E-state index is 0.0768. The summed E-state index contributed by atoms with van der Waals surface area (Å²) in [6.45, 7) is 19.1. The van der Waals surface area contributed by atoms with Crippen LogP contribution in [-0.4, -0.2) is 138 Å². The number of halogens is 1. The van der Waals surface area contributed by atoms with Gasteiger partial charge in [-0.15, -0.1) is 0 Å². The van der Waals surface area contributed by atoms with Crippen molar-refractivity contribution in [1.29, 1.82) is 0 Å². The van der Waals surface area contributed by atoms with E-state index in [4.69, 9.17) is 4.74 Å². The Morgan fingerprint density at radius 2 is 1.68 bits per heavy atom. The standard InChI is InChI=1S/C38H53FN8O5S/c1-6-35(48)44-19-29-21-46(22-30(29)20-44)53(50,51)45-13-10-38(11-14-45)23-42(24-38)17-28-9-12-43(18-28)36-34(16-40-25-41-36)52-33-8-7-31(39)15-32(33)37(49)47(26(2)3)27(4)5/h6-8,15-16,25-30H,1,9-14,17-24H2,2-5H3/t28-,29-,30+/m0/s1. The molecule has 7 rings (SSSR count). The molecule has 0 aliphatic carbocycles. The third-order valence-electron chi connectivity index (χ3n) is 12.0. The fraction of sp³-hybridized carbons (Fsp3) is 0.632. The number of hydrogen-bond donors (Lipinski definition) is 0. The molecule has 1 aromatic carbocycles. The van der Waals surface area contributed by atoms with Crippen molar-refractivity contribution in [1.82, 2.24) is 33.3 Å². The van der Waals surface area contributed by atoms with Crippen molar-refractivity contribution in [3.63, 3.8) is 0 Å². The van der Waals surface area contributed by atoms with Crippen molar-refractivity contribution in [2.75, 3.05) is 76.9 Å². The average molecular weight is 753 g/mol. The number of ether oxygens (including phenoxy) is 1. The molecule has 0 radical (unpaired) electrons. The zero-order valence-corrected chi connectivity index (χ0v) is 32.2. The van der Waals surface area contributed by atoms with Crippen molar-refractivity contribution >= 4 is 27.8 Å². The normalized spacial score (nSPS) is 24.9. The summed E-state index contributed by atoms with van der Waals surface area (Å²) in [5, 5.41) is 0. The Labute approximate surface area is 312 Å². The zero-order chi connectivity index (χ0) is 37.7. The van der Waals surface area contributed by atoms with Crippen molar-refractivity contribution in [2.24, 2.45) is 23.2 Å². The lowest BCUT2D eigenvalue weighted by molar-refractivity contribution is -0.125. The van der Waals surface area contributed by atoms with Crippen LogP contribution in [0, 0.1) is 29.0 Å². The van der Waals surface area contributed by atoms with E-state index in [-0.39, 0.29) is 52.5 Å². The van der Waals surface area contributed by atoms with Crippen LogP contribution in [0.1, 0.15) is 57.3 Å². The van der Waals surface area contributed by atoms with E-state index in [9.17, 15) is 22.4 Å². The summed E-state index contributed by atoms with van der Waals surface area (Å²) in [6, 6.07) is 3.86. The highest BCUT2D eigenvalue weighted by atomic mass is 32.2. The second-order valence-corrected chi connectivity index (χ2v) is 18.2. The van der Waals surface area contributed by atoms with Gasteiger partial charge >= 0.3 is 0 Å². The molecule has 1 aromatic heterocycles. The van der Waals surface area contributed by atoms with Crippen LogP contribution in [0.25, 0.3) is 0 Å². The highest BCUT2D eigenvalue weighted by molar-refractivity contribution is 7.86. The van der Waals surface area contributed by atoms with Crippen LogP contribution in [0.15, 0.2) is 43.4 Å². The third-order valence-corrected chi connectivity index (χ3v) is 14.0. The van der Waals surface area contributed by atoms with Crippen molar-refractivity contribution < 1.29 is 27.1 Å². The monoisotopic (exact) mass is 752 g/mol. The number of nitrogens with zero attached hydrogens (tertiary/aromatic N) is 8. The summed E-state index contributed by atoms with van der Waals surface area (Å²) in [5.41, 5.74) is 0.320. The number of piperidine rings is 1. The molecular weight excluding hydrogens is 700 g/mol. The minimum Gasteiger partial charge on any atom is -0.451 e. The smallest absolute Gasteiger partial charge is 0.281 e. The fourth-order valence-electron chi connectivity index (χ4n) is 9.39. The van der Waals surface area contributed by atoms with Gasteiger partial charge in [0.25, 0.3) is 16.1 Å². The molecule has 0 bridgehead atoms. The van der Waals surface area contributed by atoms with Crippen LogP contribution >= 0.6 is 0 Å². The maximum absolute atomic E-state index is 14.4. The summed E-state index contributed by atoms with van der Waals surface area (Å²) >= 11 is 0. The van der Waals surface area contributed by atoms with E-state index in [1.807, 2.05) is 27.7 Å². The molecule has 1 spiro atoms. The predicted molar refractivity (Wildman–Crippen MR) is 199 cm³/mol. The Morgan fingerprint density at radius 3 is 2.32 bits per heavy atom. The highest BCUT2D eigenvalue weighted by Gasteiger charge is 2.50. The number of likely N-dealkylation sites (tertiary alicyclic amines) is 2. The van der Waals surface area contributed by atoms with Gasteiger partial charge in [-0.25, -0.2) is 14.4 Å². The van der Waals surface area contributed by atoms with E-state index in [1.165, 1.54) is 30.6 Å². The van der Waals surface area contributed by atoms with Gasteiger partial charge in [0, 0.05) is 84.1 Å². The fourth-order valence-corrected chi connectivity index (χ4v) is 11.1. The zero-order valence-electron chi connectivity index (χ0n) is 31.4. The van der Waals surface area contributed by atoms with Crippen LogP contribution in [0.2, 0.25) is 0 Å². The quantitative estimate of drug-likeness (QED) is 0.317. The van der Waals surface area contributed by atoms with Crippen molar-refractivity contribution in [3.05, 3.63) is 54.8 Å². The molecule has 5 saturated heterocycles. The van der Waals surface area contributed by atoms with Crippen LogP contribution in [0.3, 0.4) is 0 Å². The lowest BCUT2D eigenvalue weighted by atomic mass is 9.72. The summed E-state index contributed by atoms with van der Waals surface area (Å²) in [5.74, 6) is 1.24. The van der Waals surface area contributed by atoms with Gasteiger partial charge in [-0.05, 0) is 94.4 Å². The first-order valence-corrected chi connectivity index (χ1v) is 20.4. The lowest BCUT2D eigenvalue weighted by Gasteiger charge is -2.54. The molecule has 5 aliphatic rings. The first-order chi connectivity index (χ1) is 25.3. The Hall–Kier alpha value is -3.66. The number of carbonyl (C=O) groups excluding carboxylic acids is 2. The number of hydrogen-bond acceptors (Lipinski definition) is 9. The molecule has 0 unspecified atom stereocenters. The maximum atomic E-state index is 14.4. The minimum atomic E-state index is -3.52. The second-order valence-electron chi connectivity index (χ2n) is 16.3. The van der Waals surface area contributed by atoms with Gasteiger partial charge in [-0.1, -0.05) is 6.58 Å². The predicted octanol–water partition coefficient (Wildman–Crippen LogP) is 3.71. The topological polar surface area (TPSA) is 123 Å². The second kappa shape index (κ2) is 14.9. The van der Waals surface area contributed by atoms with Gasteiger partial charge in [0.1, 0.15) is 17.9 Å².